The zero-order valence-electron chi connectivity index (χ0n) is 9.23. The first-order valence-electron chi connectivity index (χ1n) is 5.24. The summed E-state index contributed by atoms with van der Waals surface area (Å²) in [5, 5.41) is 19.2. The minimum Gasteiger partial charge on any atom is -0.504 e. The number of benzene rings is 1. The standard InChI is InChI=1S/C12H18O3/c1-3-4-5-10(13)9-6-7-11(14)12(8-9)15-2/h6-8,10,13-14H,3-5H2,1-2H3. The van der Waals surface area contributed by atoms with E-state index in [9.17, 15) is 10.2 Å². The van der Waals surface area contributed by atoms with Gasteiger partial charge in [-0.25, -0.2) is 0 Å². The molecule has 84 valence electrons. The Balaban J connectivity index is 2.76. The number of ether oxygens (including phenoxy) is 1. The van der Waals surface area contributed by atoms with Crippen molar-refractivity contribution in [3.05, 3.63) is 23.8 Å². The molecule has 0 bridgehead atoms. The molecule has 0 amide bonds. The molecule has 15 heavy (non-hydrogen) atoms. The molecule has 1 atom stereocenters. The molecule has 0 saturated carbocycles. The normalized spacial score (nSPS) is 12.5. The fraction of sp³-hybridized carbons (Fsp3) is 0.500. The van der Waals surface area contributed by atoms with Gasteiger partial charge in [0.15, 0.2) is 11.5 Å². The summed E-state index contributed by atoms with van der Waals surface area (Å²) < 4.78 is 4.98. The maximum atomic E-state index is 9.83. The highest BCUT2D eigenvalue weighted by Crippen LogP contribution is 2.30. The van der Waals surface area contributed by atoms with Crippen molar-refractivity contribution in [3.8, 4) is 11.5 Å². The lowest BCUT2D eigenvalue weighted by molar-refractivity contribution is 0.164. The summed E-state index contributed by atoms with van der Waals surface area (Å²) in [6.07, 6.45) is 2.32. The zero-order chi connectivity index (χ0) is 11.3. The monoisotopic (exact) mass is 210 g/mol. The van der Waals surface area contributed by atoms with Crippen LogP contribution in [-0.2, 0) is 0 Å². The first-order chi connectivity index (χ1) is 7.19. The highest BCUT2D eigenvalue weighted by molar-refractivity contribution is 5.42. The minimum atomic E-state index is -0.473. The van der Waals surface area contributed by atoms with E-state index in [1.807, 2.05) is 0 Å². The molecule has 2 N–H and O–H groups in total. The van der Waals surface area contributed by atoms with E-state index in [0.29, 0.717) is 5.75 Å². The lowest BCUT2D eigenvalue weighted by atomic mass is 10.0. The number of unbranched alkanes of at least 4 members (excludes halogenated alkanes) is 1. The maximum absolute atomic E-state index is 9.83. The molecule has 3 nitrogen and oxygen atoms in total. The zero-order valence-corrected chi connectivity index (χ0v) is 9.23. The number of methoxy groups -OCH3 is 1. The highest BCUT2D eigenvalue weighted by atomic mass is 16.5. The minimum absolute atomic E-state index is 0.101. The van der Waals surface area contributed by atoms with E-state index >= 15 is 0 Å². The predicted molar refractivity (Wildman–Crippen MR) is 59.1 cm³/mol. The summed E-state index contributed by atoms with van der Waals surface area (Å²) >= 11 is 0. The van der Waals surface area contributed by atoms with Gasteiger partial charge in [0.25, 0.3) is 0 Å². The van der Waals surface area contributed by atoms with Gasteiger partial charge in [-0.1, -0.05) is 25.8 Å². The van der Waals surface area contributed by atoms with E-state index in [4.69, 9.17) is 4.74 Å². The number of phenolic OH excluding ortho intramolecular Hbond substituents is 1. The number of rotatable bonds is 5. The number of hydrogen-bond acceptors (Lipinski definition) is 3. The number of aliphatic hydroxyl groups excluding tert-OH is 1. The van der Waals surface area contributed by atoms with Crippen LogP contribution in [-0.4, -0.2) is 17.3 Å². The Morgan fingerprint density at radius 3 is 2.73 bits per heavy atom. The number of phenols is 1. The second-order valence-electron chi connectivity index (χ2n) is 3.59. The highest BCUT2D eigenvalue weighted by Gasteiger charge is 2.09. The summed E-state index contributed by atoms with van der Waals surface area (Å²) in [5.74, 6) is 0.506. The Labute approximate surface area is 90.3 Å². The smallest absolute Gasteiger partial charge is 0.160 e. The van der Waals surface area contributed by atoms with Crippen molar-refractivity contribution >= 4 is 0 Å². The third-order valence-electron chi connectivity index (χ3n) is 2.42. The first kappa shape index (κ1) is 11.9. The second-order valence-corrected chi connectivity index (χ2v) is 3.59. The van der Waals surface area contributed by atoms with Gasteiger partial charge in [-0.05, 0) is 24.1 Å². The SMILES string of the molecule is CCCCC(O)c1ccc(O)c(OC)c1. The summed E-state index contributed by atoms with van der Waals surface area (Å²) in [5.41, 5.74) is 0.790. The van der Waals surface area contributed by atoms with Gasteiger partial charge in [-0.2, -0.15) is 0 Å². The molecule has 3 heteroatoms. The molecule has 0 heterocycles. The van der Waals surface area contributed by atoms with Gasteiger partial charge in [0, 0.05) is 0 Å². The number of aliphatic hydroxyl groups is 1. The van der Waals surface area contributed by atoms with Crippen molar-refractivity contribution < 1.29 is 14.9 Å². The van der Waals surface area contributed by atoms with Gasteiger partial charge in [-0.3, -0.25) is 0 Å². The molecule has 0 aliphatic carbocycles. The fourth-order valence-corrected chi connectivity index (χ4v) is 1.47. The molecule has 1 aromatic carbocycles. The quantitative estimate of drug-likeness (QED) is 0.785. The van der Waals surface area contributed by atoms with Crippen molar-refractivity contribution in [2.24, 2.45) is 0 Å². The van der Waals surface area contributed by atoms with E-state index in [2.05, 4.69) is 6.92 Å². The van der Waals surface area contributed by atoms with E-state index in [1.54, 1.807) is 18.2 Å². The van der Waals surface area contributed by atoms with Gasteiger partial charge in [-0.15, -0.1) is 0 Å². The summed E-state index contributed by atoms with van der Waals surface area (Å²) in [7, 11) is 1.50. The van der Waals surface area contributed by atoms with Crippen LogP contribution in [0.2, 0.25) is 0 Å². The van der Waals surface area contributed by atoms with Gasteiger partial charge in [0.05, 0.1) is 13.2 Å². The van der Waals surface area contributed by atoms with Crippen molar-refractivity contribution in [1.82, 2.24) is 0 Å². The Bertz CT molecular complexity index is 310. The second kappa shape index (κ2) is 5.61. The van der Waals surface area contributed by atoms with Crippen LogP contribution in [0.25, 0.3) is 0 Å². The van der Waals surface area contributed by atoms with Gasteiger partial charge in [0.2, 0.25) is 0 Å². The molecule has 0 fully saturated rings. The summed E-state index contributed by atoms with van der Waals surface area (Å²) in [6, 6.07) is 4.94. The largest absolute Gasteiger partial charge is 0.504 e. The molecular weight excluding hydrogens is 192 g/mol. The topological polar surface area (TPSA) is 49.7 Å². The number of aromatic hydroxyl groups is 1. The Kier molecular flexibility index (Phi) is 4.43. The third kappa shape index (κ3) is 3.13. The van der Waals surface area contributed by atoms with Crippen LogP contribution in [0.15, 0.2) is 18.2 Å². The van der Waals surface area contributed by atoms with Crippen LogP contribution < -0.4 is 4.74 Å². The molecule has 1 rings (SSSR count). The molecule has 0 aliphatic rings. The van der Waals surface area contributed by atoms with Crippen molar-refractivity contribution in [1.29, 1.82) is 0 Å². The fourth-order valence-electron chi connectivity index (χ4n) is 1.47. The van der Waals surface area contributed by atoms with E-state index in [1.165, 1.54) is 7.11 Å². The molecule has 0 aromatic heterocycles. The number of hydrogen-bond donors (Lipinski definition) is 2. The molecule has 0 spiro atoms. The van der Waals surface area contributed by atoms with Crippen LogP contribution in [0.1, 0.15) is 37.9 Å². The van der Waals surface area contributed by atoms with Crippen molar-refractivity contribution in [2.45, 2.75) is 32.3 Å². The molecule has 0 saturated heterocycles. The van der Waals surface area contributed by atoms with Crippen molar-refractivity contribution in [2.75, 3.05) is 7.11 Å². The molecule has 0 radical (unpaired) electrons. The van der Waals surface area contributed by atoms with Crippen molar-refractivity contribution in [3.63, 3.8) is 0 Å². The van der Waals surface area contributed by atoms with Gasteiger partial charge in [0.1, 0.15) is 0 Å². The third-order valence-corrected chi connectivity index (χ3v) is 2.42. The lowest BCUT2D eigenvalue weighted by Gasteiger charge is -2.12. The van der Waals surface area contributed by atoms with E-state index in [-0.39, 0.29) is 5.75 Å². The molecular formula is C12H18O3. The van der Waals surface area contributed by atoms with Crippen LogP contribution in [0, 0.1) is 0 Å². The Hall–Kier alpha value is -1.22. The Morgan fingerprint density at radius 1 is 1.40 bits per heavy atom. The molecule has 1 unspecified atom stereocenters. The van der Waals surface area contributed by atoms with E-state index in [0.717, 1.165) is 24.8 Å². The average molecular weight is 210 g/mol. The van der Waals surface area contributed by atoms with Crippen LogP contribution in [0.4, 0.5) is 0 Å². The van der Waals surface area contributed by atoms with Crippen LogP contribution in [0.5, 0.6) is 11.5 Å². The first-order valence-corrected chi connectivity index (χ1v) is 5.24. The van der Waals surface area contributed by atoms with Gasteiger partial charge < -0.3 is 14.9 Å². The summed E-state index contributed by atoms with van der Waals surface area (Å²) in [4.78, 5) is 0. The Morgan fingerprint density at radius 2 is 2.13 bits per heavy atom. The molecule has 0 aliphatic heterocycles. The summed E-state index contributed by atoms with van der Waals surface area (Å²) in [6.45, 7) is 2.09. The van der Waals surface area contributed by atoms with Crippen LogP contribution in [0.3, 0.4) is 0 Å². The average Bonchev–Trinajstić information content (AvgIpc) is 2.26. The van der Waals surface area contributed by atoms with Gasteiger partial charge >= 0.3 is 0 Å². The lowest BCUT2D eigenvalue weighted by Crippen LogP contribution is -1.97. The predicted octanol–water partition coefficient (Wildman–Crippen LogP) is 2.62. The van der Waals surface area contributed by atoms with E-state index < -0.39 is 6.10 Å². The van der Waals surface area contributed by atoms with Crippen LogP contribution >= 0.6 is 0 Å². The maximum Gasteiger partial charge on any atom is 0.160 e. The molecule has 1 aromatic rings.